The number of para-hydroxylation sites is 2. The zero-order valence-corrected chi connectivity index (χ0v) is 15.7. The van der Waals surface area contributed by atoms with Crippen molar-refractivity contribution in [2.75, 3.05) is 29.9 Å². The molecule has 138 valence electrons. The van der Waals surface area contributed by atoms with E-state index in [1.807, 2.05) is 29.6 Å². The second-order valence-corrected chi connectivity index (χ2v) is 7.40. The molecule has 2 aromatic rings. The molecule has 26 heavy (non-hydrogen) atoms. The van der Waals surface area contributed by atoms with Gasteiger partial charge in [0.2, 0.25) is 5.91 Å². The SMILES string of the molecule is O=C(CCNC(=O)c1cccs1)Nc1ccccc1N1CCCCCC1. The summed E-state index contributed by atoms with van der Waals surface area (Å²) in [6.45, 7) is 2.39. The molecule has 1 aliphatic rings. The monoisotopic (exact) mass is 371 g/mol. The number of nitrogens with one attached hydrogen (secondary N) is 2. The van der Waals surface area contributed by atoms with Gasteiger partial charge in [-0.3, -0.25) is 9.59 Å². The largest absolute Gasteiger partial charge is 0.370 e. The topological polar surface area (TPSA) is 61.4 Å². The van der Waals surface area contributed by atoms with Crippen LogP contribution in [0.4, 0.5) is 11.4 Å². The molecule has 0 atom stereocenters. The predicted molar refractivity (Wildman–Crippen MR) is 107 cm³/mol. The molecule has 0 radical (unpaired) electrons. The van der Waals surface area contributed by atoms with Crippen LogP contribution >= 0.6 is 11.3 Å². The van der Waals surface area contributed by atoms with E-state index in [0.717, 1.165) is 24.5 Å². The maximum absolute atomic E-state index is 12.3. The van der Waals surface area contributed by atoms with Gasteiger partial charge in [-0.15, -0.1) is 11.3 Å². The third-order valence-electron chi connectivity index (χ3n) is 4.51. The normalized spacial score (nSPS) is 14.5. The van der Waals surface area contributed by atoms with Gasteiger partial charge in [0, 0.05) is 26.1 Å². The minimum Gasteiger partial charge on any atom is -0.370 e. The first-order valence-electron chi connectivity index (χ1n) is 9.19. The lowest BCUT2D eigenvalue weighted by Crippen LogP contribution is -2.28. The number of carbonyl (C=O) groups excluding carboxylic acids is 2. The molecule has 3 rings (SSSR count). The Morgan fingerprint density at radius 3 is 2.50 bits per heavy atom. The smallest absolute Gasteiger partial charge is 0.261 e. The minimum absolute atomic E-state index is 0.0845. The molecule has 1 saturated heterocycles. The van der Waals surface area contributed by atoms with Gasteiger partial charge in [-0.05, 0) is 36.4 Å². The number of hydrogen-bond acceptors (Lipinski definition) is 4. The first kappa shape index (κ1) is 18.5. The average Bonchev–Trinajstić information content (AvgIpc) is 3.05. The summed E-state index contributed by atoms with van der Waals surface area (Å²) in [4.78, 5) is 27.2. The van der Waals surface area contributed by atoms with E-state index in [-0.39, 0.29) is 18.2 Å². The summed E-state index contributed by atoms with van der Waals surface area (Å²) in [6, 6.07) is 11.6. The van der Waals surface area contributed by atoms with Crippen LogP contribution in [0.3, 0.4) is 0 Å². The Bertz CT molecular complexity index is 722. The molecule has 1 aromatic heterocycles. The van der Waals surface area contributed by atoms with Crippen LogP contribution < -0.4 is 15.5 Å². The molecule has 6 heteroatoms. The van der Waals surface area contributed by atoms with Gasteiger partial charge >= 0.3 is 0 Å². The van der Waals surface area contributed by atoms with Crippen molar-refractivity contribution in [3.63, 3.8) is 0 Å². The molecule has 0 unspecified atom stereocenters. The summed E-state index contributed by atoms with van der Waals surface area (Å²) in [6.07, 6.45) is 5.18. The van der Waals surface area contributed by atoms with E-state index in [0.29, 0.717) is 11.4 Å². The fourth-order valence-corrected chi connectivity index (χ4v) is 3.80. The van der Waals surface area contributed by atoms with E-state index in [4.69, 9.17) is 0 Å². The fraction of sp³-hybridized carbons (Fsp3) is 0.400. The highest BCUT2D eigenvalue weighted by Crippen LogP contribution is 2.28. The quantitative estimate of drug-likeness (QED) is 0.810. The molecule has 0 aliphatic carbocycles. The summed E-state index contributed by atoms with van der Waals surface area (Å²) < 4.78 is 0. The van der Waals surface area contributed by atoms with E-state index >= 15 is 0 Å². The highest BCUT2D eigenvalue weighted by Gasteiger charge is 2.15. The van der Waals surface area contributed by atoms with E-state index in [2.05, 4.69) is 21.6 Å². The molecule has 1 aromatic carbocycles. The summed E-state index contributed by atoms with van der Waals surface area (Å²) in [5, 5.41) is 7.66. The molecular weight excluding hydrogens is 346 g/mol. The van der Waals surface area contributed by atoms with Gasteiger partial charge in [0.1, 0.15) is 0 Å². The Labute approximate surface area is 158 Å². The summed E-state index contributed by atoms with van der Waals surface area (Å²) in [5.74, 6) is -0.212. The molecule has 1 aliphatic heterocycles. The van der Waals surface area contributed by atoms with Crippen molar-refractivity contribution in [1.82, 2.24) is 5.32 Å². The number of amides is 2. The van der Waals surface area contributed by atoms with Gasteiger partial charge in [0.25, 0.3) is 5.91 Å². The standard InChI is InChI=1S/C20H25N3O2S/c24-19(11-12-21-20(25)18-10-7-15-26-18)22-16-8-3-4-9-17(16)23-13-5-1-2-6-14-23/h3-4,7-10,15H,1-2,5-6,11-14H2,(H,21,25)(H,22,24). The summed E-state index contributed by atoms with van der Waals surface area (Å²) in [5.41, 5.74) is 1.94. The molecule has 2 N–H and O–H groups in total. The Kier molecular flexibility index (Phi) is 6.66. The maximum Gasteiger partial charge on any atom is 0.261 e. The van der Waals surface area contributed by atoms with Crippen LogP contribution in [0.15, 0.2) is 41.8 Å². The average molecular weight is 372 g/mol. The first-order valence-corrected chi connectivity index (χ1v) is 10.1. The van der Waals surface area contributed by atoms with E-state index in [1.165, 1.54) is 37.0 Å². The Morgan fingerprint density at radius 1 is 1.00 bits per heavy atom. The highest BCUT2D eigenvalue weighted by atomic mass is 32.1. The second-order valence-electron chi connectivity index (χ2n) is 6.45. The van der Waals surface area contributed by atoms with Gasteiger partial charge in [-0.2, -0.15) is 0 Å². The number of hydrogen-bond donors (Lipinski definition) is 2. The number of rotatable bonds is 6. The molecule has 0 bridgehead atoms. The number of benzene rings is 1. The van der Waals surface area contributed by atoms with Crippen molar-refractivity contribution in [1.29, 1.82) is 0 Å². The molecule has 0 spiro atoms. The van der Waals surface area contributed by atoms with E-state index in [9.17, 15) is 9.59 Å². The van der Waals surface area contributed by atoms with Gasteiger partial charge in [0.05, 0.1) is 16.3 Å². The number of nitrogens with zero attached hydrogens (tertiary/aromatic N) is 1. The van der Waals surface area contributed by atoms with Crippen LogP contribution in [-0.4, -0.2) is 31.4 Å². The zero-order chi connectivity index (χ0) is 18.2. The number of carbonyl (C=O) groups is 2. The van der Waals surface area contributed by atoms with Gasteiger partial charge in [0.15, 0.2) is 0 Å². The molecule has 0 saturated carbocycles. The highest BCUT2D eigenvalue weighted by molar-refractivity contribution is 7.12. The lowest BCUT2D eigenvalue weighted by atomic mass is 10.2. The molecular formula is C20H25N3O2S. The van der Waals surface area contributed by atoms with Gasteiger partial charge < -0.3 is 15.5 Å². The summed E-state index contributed by atoms with van der Waals surface area (Å²) >= 11 is 1.39. The number of thiophene rings is 1. The second kappa shape index (κ2) is 9.38. The number of anilines is 2. The van der Waals surface area contributed by atoms with Crippen LogP contribution in [0, 0.1) is 0 Å². The van der Waals surface area contributed by atoms with Gasteiger partial charge in [-0.1, -0.05) is 31.0 Å². The van der Waals surface area contributed by atoms with Crippen LogP contribution in [0.5, 0.6) is 0 Å². The van der Waals surface area contributed by atoms with E-state index < -0.39 is 0 Å². The molecule has 2 heterocycles. The Morgan fingerprint density at radius 2 is 1.77 bits per heavy atom. The Hall–Kier alpha value is -2.34. The van der Waals surface area contributed by atoms with Crippen LogP contribution in [-0.2, 0) is 4.79 Å². The molecule has 2 amide bonds. The van der Waals surface area contributed by atoms with Crippen LogP contribution in [0.25, 0.3) is 0 Å². The maximum atomic E-state index is 12.3. The van der Waals surface area contributed by atoms with Crippen molar-refractivity contribution in [3.8, 4) is 0 Å². The predicted octanol–water partition coefficient (Wildman–Crippen LogP) is 3.89. The summed E-state index contributed by atoms with van der Waals surface area (Å²) in [7, 11) is 0. The van der Waals surface area contributed by atoms with Crippen molar-refractivity contribution in [2.24, 2.45) is 0 Å². The first-order chi connectivity index (χ1) is 12.7. The zero-order valence-electron chi connectivity index (χ0n) is 14.9. The van der Waals surface area contributed by atoms with E-state index in [1.54, 1.807) is 6.07 Å². The minimum atomic E-state index is -0.127. The molecule has 5 nitrogen and oxygen atoms in total. The van der Waals surface area contributed by atoms with Crippen LogP contribution in [0.1, 0.15) is 41.8 Å². The molecule has 1 fully saturated rings. The van der Waals surface area contributed by atoms with Crippen molar-refractivity contribution in [2.45, 2.75) is 32.1 Å². The van der Waals surface area contributed by atoms with Crippen LogP contribution in [0.2, 0.25) is 0 Å². The lowest BCUT2D eigenvalue weighted by molar-refractivity contribution is -0.116. The van der Waals surface area contributed by atoms with Crippen molar-refractivity contribution in [3.05, 3.63) is 46.7 Å². The third kappa shape index (κ3) is 5.08. The van der Waals surface area contributed by atoms with Crippen molar-refractivity contribution >= 4 is 34.5 Å². The lowest BCUT2D eigenvalue weighted by Gasteiger charge is -2.25. The fourth-order valence-electron chi connectivity index (χ4n) is 3.16. The third-order valence-corrected chi connectivity index (χ3v) is 5.38. The Balaban J connectivity index is 1.53. The van der Waals surface area contributed by atoms with Gasteiger partial charge in [-0.25, -0.2) is 0 Å². The van der Waals surface area contributed by atoms with Crippen molar-refractivity contribution < 1.29 is 9.59 Å².